The molecular formula is C24H24F4N2O5S. The van der Waals surface area contributed by atoms with Gasteiger partial charge in [-0.15, -0.1) is 0 Å². The molecule has 0 N–H and O–H groups in total. The largest absolute Gasteiger partial charge is 0.461 e. The summed E-state index contributed by atoms with van der Waals surface area (Å²) in [7, 11) is -3.12. The molecule has 1 aromatic heterocycles. The van der Waals surface area contributed by atoms with Crippen LogP contribution in [0.2, 0.25) is 0 Å². The Hall–Kier alpha value is -3.15. The number of hydrogen-bond donors (Lipinski definition) is 0. The van der Waals surface area contributed by atoms with Gasteiger partial charge in [-0.25, -0.2) is 13.2 Å². The highest BCUT2D eigenvalue weighted by molar-refractivity contribution is 7.92. The van der Waals surface area contributed by atoms with E-state index in [-0.39, 0.29) is 35.4 Å². The molecular weight excluding hydrogens is 504 g/mol. The summed E-state index contributed by atoms with van der Waals surface area (Å²) < 4.78 is 81.9. The van der Waals surface area contributed by atoms with Gasteiger partial charge < -0.3 is 4.74 Å². The molecule has 4 rings (SSSR count). The Labute approximate surface area is 204 Å². The number of aromatic nitrogens is 2. The summed E-state index contributed by atoms with van der Waals surface area (Å²) in [6.07, 6.45) is -8.71. The molecule has 1 fully saturated rings. The lowest BCUT2D eigenvalue weighted by Crippen LogP contribution is -2.47. The Balaban J connectivity index is 1.76. The quantitative estimate of drug-likeness (QED) is 0.315. The fraction of sp³-hybridized carbons (Fsp3) is 0.417. The molecule has 194 valence electrons. The van der Waals surface area contributed by atoms with Crippen molar-refractivity contribution in [2.45, 2.75) is 45.8 Å². The number of alkyl halides is 4. The number of Topliss-reactive ketones (excluding diaryl/α,β-unsaturated/α-hetero) is 1. The molecule has 0 saturated carbocycles. The summed E-state index contributed by atoms with van der Waals surface area (Å²) in [6, 6.07) is 9.10. The van der Waals surface area contributed by atoms with Crippen molar-refractivity contribution < 1.29 is 35.5 Å². The van der Waals surface area contributed by atoms with Gasteiger partial charge in [-0.05, 0) is 44.2 Å². The van der Waals surface area contributed by atoms with Crippen LogP contribution < -0.4 is 10.4 Å². The van der Waals surface area contributed by atoms with E-state index in [9.17, 15) is 35.6 Å². The van der Waals surface area contributed by atoms with Gasteiger partial charge >= 0.3 is 18.2 Å². The van der Waals surface area contributed by atoms with Crippen LogP contribution in [0.3, 0.4) is 0 Å². The minimum absolute atomic E-state index is 0.0298. The van der Waals surface area contributed by atoms with Crippen LogP contribution in [-0.2, 0) is 9.84 Å². The third-order valence-electron chi connectivity index (χ3n) is 6.02. The van der Waals surface area contributed by atoms with E-state index in [2.05, 4.69) is 4.74 Å². The number of sulfone groups is 1. The zero-order valence-corrected chi connectivity index (χ0v) is 20.5. The molecule has 7 nitrogen and oxygen atoms in total. The number of ether oxygens (including phenoxy) is 1. The van der Waals surface area contributed by atoms with E-state index >= 15 is 0 Å². The molecule has 0 bridgehead atoms. The van der Waals surface area contributed by atoms with Crippen molar-refractivity contribution in [2.24, 2.45) is 5.41 Å². The van der Waals surface area contributed by atoms with Crippen LogP contribution in [0, 0.1) is 5.41 Å². The predicted molar refractivity (Wildman–Crippen MR) is 125 cm³/mol. The molecule has 0 atom stereocenters. The average Bonchev–Trinajstić information content (AvgIpc) is 3.02. The first-order valence-electron chi connectivity index (χ1n) is 11.1. The standard InChI is InChI=1S/C24H24F4N2O5S/c1-14(2)29-19-9-15(20(31)11-23(3)12-36(33,34)13-23)7-8-18(19)30(22(29)32)16-5-4-6-17(10-16)35-24(27,28)21(25)26/h4-10,14,21H,11-13H2,1-3H3. The van der Waals surface area contributed by atoms with Crippen LogP contribution in [0.5, 0.6) is 5.75 Å². The number of carbonyl (C=O) groups is 1. The van der Waals surface area contributed by atoms with Crippen molar-refractivity contribution in [1.82, 2.24) is 9.13 Å². The first-order valence-corrected chi connectivity index (χ1v) is 12.9. The fourth-order valence-electron chi connectivity index (χ4n) is 4.64. The number of carbonyl (C=O) groups excluding carboxylic acids is 1. The van der Waals surface area contributed by atoms with Gasteiger partial charge in [-0.2, -0.15) is 17.6 Å². The summed E-state index contributed by atoms with van der Waals surface area (Å²) in [5, 5.41) is 0. The van der Waals surface area contributed by atoms with Crippen molar-refractivity contribution in [3.63, 3.8) is 0 Å². The maximum absolute atomic E-state index is 13.4. The van der Waals surface area contributed by atoms with Gasteiger partial charge in [0.05, 0.1) is 28.2 Å². The number of nitrogens with zero attached hydrogens (tertiary/aromatic N) is 2. The zero-order valence-electron chi connectivity index (χ0n) is 19.7. The second kappa shape index (κ2) is 8.75. The van der Waals surface area contributed by atoms with Gasteiger partial charge in [0.15, 0.2) is 15.6 Å². The van der Waals surface area contributed by atoms with E-state index in [1.165, 1.54) is 39.5 Å². The summed E-state index contributed by atoms with van der Waals surface area (Å²) in [5.41, 5.74) is -0.00212. The first kappa shape index (κ1) is 25.9. The summed E-state index contributed by atoms with van der Waals surface area (Å²) in [4.78, 5) is 26.3. The second-order valence-electron chi connectivity index (χ2n) is 9.69. The van der Waals surface area contributed by atoms with Crippen LogP contribution in [0.1, 0.15) is 43.6 Å². The smallest absolute Gasteiger partial charge is 0.428 e. The molecule has 1 saturated heterocycles. The number of benzene rings is 2. The fourth-order valence-corrected chi connectivity index (χ4v) is 6.88. The van der Waals surface area contributed by atoms with Gasteiger partial charge in [0, 0.05) is 29.5 Å². The molecule has 0 amide bonds. The van der Waals surface area contributed by atoms with E-state index in [0.717, 1.165) is 12.1 Å². The average molecular weight is 529 g/mol. The van der Waals surface area contributed by atoms with Gasteiger partial charge in [0.2, 0.25) is 0 Å². The van der Waals surface area contributed by atoms with E-state index in [0.29, 0.717) is 16.6 Å². The van der Waals surface area contributed by atoms with Crippen molar-refractivity contribution >= 4 is 26.7 Å². The Bertz CT molecular complexity index is 1500. The van der Waals surface area contributed by atoms with Gasteiger partial charge in [0.25, 0.3) is 0 Å². The van der Waals surface area contributed by atoms with Crippen LogP contribution in [0.4, 0.5) is 17.6 Å². The van der Waals surface area contributed by atoms with Crippen molar-refractivity contribution in [3.8, 4) is 11.4 Å². The molecule has 0 radical (unpaired) electrons. The molecule has 0 spiro atoms. The van der Waals surface area contributed by atoms with E-state index in [1.807, 2.05) is 0 Å². The maximum Gasteiger partial charge on any atom is 0.461 e. The minimum Gasteiger partial charge on any atom is -0.428 e. The zero-order chi connectivity index (χ0) is 26.6. The first-order chi connectivity index (χ1) is 16.6. The molecule has 2 aromatic carbocycles. The van der Waals surface area contributed by atoms with Crippen LogP contribution in [0.25, 0.3) is 16.7 Å². The van der Waals surface area contributed by atoms with Crippen LogP contribution in [-0.4, -0.2) is 47.4 Å². The number of hydrogen-bond acceptors (Lipinski definition) is 5. The highest BCUT2D eigenvalue weighted by atomic mass is 32.2. The van der Waals surface area contributed by atoms with Gasteiger partial charge in [0.1, 0.15) is 5.75 Å². The Morgan fingerprint density at radius 3 is 2.36 bits per heavy atom. The number of imidazole rings is 1. The monoisotopic (exact) mass is 528 g/mol. The number of fused-ring (bicyclic) bond motifs is 1. The Morgan fingerprint density at radius 1 is 1.11 bits per heavy atom. The Kier molecular flexibility index (Phi) is 6.30. The topological polar surface area (TPSA) is 87.4 Å². The van der Waals surface area contributed by atoms with E-state index in [4.69, 9.17) is 0 Å². The number of ketones is 1. The van der Waals surface area contributed by atoms with Crippen molar-refractivity contribution in [1.29, 1.82) is 0 Å². The lowest BCUT2D eigenvalue weighted by molar-refractivity contribution is -0.253. The summed E-state index contributed by atoms with van der Waals surface area (Å²) in [6.45, 7) is 5.24. The minimum atomic E-state index is -4.71. The summed E-state index contributed by atoms with van der Waals surface area (Å²) >= 11 is 0. The summed E-state index contributed by atoms with van der Waals surface area (Å²) in [5.74, 6) is -0.950. The van der Waals surface area contributed by atoms with Crippen LogP contribution >= 0.6 is 0 Å². The third kappa shape index (κ3) is 4.78. The second-order valence-corrected chi connectivity index (χ2v) is 11.8. The molecule has 12 heteroatoms. The molecule has 0 aliphatic carbocycles. The molecule has 0 unspecified atom stereocenters. The lowest BCUT2D eigenvalue weighted by atomic mass is 9.86. The molecule has 1 aliphatic rings. The van der Waals surface area contributed by atoms with Crippen molar-refractivity contribution in [3.05, 3.63) is 58.5 Å². The van der Waals surface area contributed by atoms with E-state index in [1.54, 1.807) is 20.8 Å². The Morgan fingerprint density at radius 2 is 1.78 bits per heavy atom. The van der Waals surface area contributed by atoms with Crippen LogP contribution in [0.15, 0.2) is 47.3 Å². The van der Waals surface area contributed by atoms with Crippen molar-refractivity contribution in [2.75, 3.05) is 11.5 Å². The molecule has 1 aliphatic heterocycles. The highest BCUT2D eigenvalue weighted by Gasteiger charge is 2.46. The lowest BCUT2D eigenvalue weighted by Gasteiger charge is -2.37. The van der Waals surface area contributed by atoms with Gasteiger partial charge in [-0.1, -0.05) is 13.0 Å². The maximum atomic E-state index is 13.4. The number of halogens is 4. The predicted octanol–water partition coefficient (Wildman–Crippen LogP) is 4.62. The molecule has 2 heterocycles. The molecule has 3 aromatic rings. The van der Waals surface area contributed by atoms with E-state index < -0.39 is 39.2 Å². The van der Waals surface area contributed by atoms with Gasteiger partial charge in [-0.3, -0.25) is 13.9 Å². The third-order valence-corrected chi connectivity index (χ3v) is 8.29. The normalized spacial score (nSPS) is 16.9. The number of rotatable bonds is 8. The highest BCUT2D eigenvalue weighted by Crippen LogP contribution is 2.37. The molecule has 36 heavy (non-hydrogen) atoms. The SMILES string of the molecule is CC(C)n1c(=O)n(-c2cccc(OC(F)(F)C(F)F)c2)c2ccc(C(=O)CC3(C)CS(=O)(=O)C3)cc21.